The second kappa shape index (κ2) is 6.81. The van der Waals surface area contributed by atoms with Gasteiger partial charge in [-0.3, -0.25) is 0 Å². The SMILES string of the molecule is COC(=O)/C(C#N)=C(/Nc1ccc(F)cc1C)SC. The number of nitrogens with zero attached hydrogens (tertiary/aromatic N) is 1. The lowest BCUT2D eigenvalue weighted by Crippen LogP contribution is -2.10. The second-order valence-electron chi connectivity index (χ2n) is 3.60. The molecule has 4 nitrogen and oxygen atoms in total. The summed E-state index contributed by atoms with van der Waals surface area (Å²) in [5.41, 5.74) is 1.19. The molecule has 0 saturated carbocycles. The molecule has 100 valence electrons. The molecule has 1 N–H and O–H groups in total. The van der Waals surface area contributed by atoms with E-state index < -0.39 is 5.97 Å². The van der Waals surface area contributed by atoms with Gasteiger partial charge in [-0.1, -0.05) is 0 Å². The van der Waals surface area contributed by atoms with Crippen LogP contribution in [0.5, 0.6) is 0 Å². The van der Waals surface area contributed by atoms with Gasteiger partial charge in [-0.25, -0.2) is 9.18 Å². The standard InChI is InChI=1S/C13H13FN2O2S/c1-8-6-9(14)4-5-11(8)16-12(19-3)10(7-15)13(17)18-2/h4-6,16H,1-3H3/b12-10-. The Kier molecular flexibility index (Phi) is 5.39. The highest BCUT2D eigenvalue weighted by molar-refractivity contribution is 8.02. The van der Waals surface area contributed by atoms with Gasteiger partial charge in [-0.2, -0.15) is 5.26 Å². The number of thioether (sulfide) groups is 1. The second-order valence-corrected chi connectivity index (χ2v) is 4.41. The molecule has 0 fully saturated rings. The molecule has 0 heterocycles. The largest absolute Gasteiger partial charge is 0.465 e. The van der Waals surface area contributed by atoms with Gasteiger partial charge in [0.05, 0.1) is 12.1 Å². The average Bonchev–Trinajstić information content (AvgIpc) is 2.40. The van der Waals surface area contributed by atoms with Crippen molar-refractivity contribution in [1.82, 2.24) is 0 Å². The number of hydrogen-bond donors (Lipinski definition) is 1. The summed E-state index contributed by atoms with van der Waals surface area (Å²) in [5, 5.41) is 12.3. The first-order valence-electron chi connectivity index (χ1n) is 5.33. The molecule has 0 aromatic heterocycles. The minimum absolute atomic E-state index is 0.112. The van der Waals surface area contributed by atoms with Crippen LogP contribution in [0.25, 0.3) is 0 Å². The molecule has 0 aliphatic rings. The molecule has 6 heteroatoms. The van der Waals surface area contributed by atoms with Crippen molar-refractivity contribution >= 4 is 23.4 Å². The summed E-state index contributed by atoms with van der Waals surface area (Å²) in [6.07, 6.45) is 1.72. The van der Waals surface area contributed by atoms with E-state index in [-0.39, 0.29) is 11.4 Å². The van der Waals surface area contributed by atoms with Crippen LogP contribution in [0.4, 0.5) is 10.1 Å². The summed E-state index contributed by atoms with van der Waals surface area (Å²) in [7, 11) is 1.21. The highest BCUT2D eigenvalue weighted by atomic mass is 32.2. The van der Waals surface area contributed by atoms with E-state index in [4.69, 9.17) is 5.26 Å². The molecule has 0 aliphatic heterocycles. The normalized spacial score (nSPS) is 11.3. The smallest absolute Gasteiger partial charge is 0.351 e. The van der Waals surface area contributed by atoms with E-state index in [9.17, 15) is 9.18 Å². The fourth-order valence-electron chi connectivity index (χ4n) is 1.40. The maximum absolute atomic E-state index is 13.0. The van der Waals surface area contributed by atoms with Crippen molar-refractivity contribution in [2.45, 2.75) is 6.92 Å². The van der Waals surface area contributed by atoms with Gasteiger partial charge in [-0.05, 0) is 36.9 Å². The van der Waals surface area contributed by atoms with Crippen molar-refractivity contribution in [2.75, 3.05) is 18.7 Å². The highest BCUT2D eigenvalue weighted by Crippen LogP contribution is 2.24. The number of carbonyl (C=O) groups is 1. The lowest BCUT2D eigenvalue weighted by atomic mass is 10.2. The van der Waals surface area contributed by atoms with Gasteiger partial charge >= 0.3 is 5.97 Å². The van der Waals surface area contributed by atoms with Gasteiger partial charge in [-0.15, -0.1) is 11.8 Å². The molecular formula is C13H13FN2O2S. The number of hydrogen-bond acceptors (Lipinski definition) is 5. The predicted octanol–water partition coefficient (Wildman–Crippen LogP) is 2.82. The van der Waals surface area contributed by atoms with Gasteiger partial charge < -0.3 is 10.1 Å². The van der Waals surface area contributed by atoms with Crippen LogP contribution in [0.2, 0.25) is 0 Å². The molecule has 0 atom stereocenters. The van der Waals surface area contributed by atoms with Gasteiger partial charge in [0, 0.05) is 5.69 Å². The van der Waals surface area contributed by atoms with E-state index in [1.165, 1.54) is 31.0 Å². The molecule has 1 aromatic rings. The van der Waals surface area contributed by atoms with Gasteiger partial charge in [0.15, 0.2) is 5.57 Å². The van der Waals surface area contributed by atoms with E-state index >= 15 is 0 Å². The van der Waals surface area contributed by atoms with Crippen molar-refractivity contribution in [3.05, 3.63) is 40.2 Å². The Balaban J connectivity index is 3.15. The Labute approximate surface area is 115 Å². The number of ether oxygens (including phenoxy) is 1. The number of rotatable bonds is 4. The van der Waals surface area contributed by atoms with Crippen LogP contribution in [0.15, 0.2) is 28.8 Å². The van der Waals surface area contributed by atoms with E-state index in [0.29, 0.717) is 16.3 Å². The molecule has 0 spiro atoms. The number of aryl methyl sites for hydroxylation is 1. The molecule has 0 saturated heterocycles. The average molecular weight is 280 g/mol. The Morgan fingerprint density at radius 2 is 2.21 bits per heavy atom. The van der Waals surface area contributed by atoms with E-state index in [2.05, 4.69) is 10.1 Å². The summed E-state index contributed by atoms with van der Waals surface area (Å²) >= 11 is 1.21. The molecule has 0 amide bonds. The molecule has 0 aliphatic carbocycles. The Bertz CT molecular complexity index is 564. The number of esters is 1. The molecule has 0 unspecified atom stereocenters. The van der Waals surface area contributed by atoms with Crippen LogP contribution in [-0.4, -0.2) is 19.3 Å². The van der Waals surface area contributed by atoms with Crippen molar-refractivity contribution in [3.8, 4) is 6.07 Å². The summed E-state index contributed by atoms with van der Waals surface area (Å²) in [6.45, 7) is 1.73. The van der Waals surface area contributed by atoms with Crippen LogP contribution in [0, 0.1) is 24.1 Å². The Hall–Kier alpha value is -2.00. The Morgan fingerprint density at radius 3 is 2.68 bits per heavy atom. The zero-order chi connectivity index (χ0) is 14.4. The number of nitrogens with one attached hydrogen (secondary N) is 1. The zero-order valence-corrected chi connectivity index (χ0v) is 11.6. The van der Waals surface area contributed by atoms with Crippen LogP contribution < -0.4 is 5.32 Å². The molecule has 1 aromatic carbocycles. The fraction of sp³-hybridized carbons (Fsp3) is 0.231. The first-order chi connectivity index (χ1) is 9.03. The third-order valence-corrected chi connectivity index (χ3v) is 3.08. The number of nitriles is 1. The number of halogens is 1. The minimum atomic E-state index is -0.709. The summed E-state index contributed by atoms with van der Waals surface area (Å²) in [6, 6.07) is 6.02. The lowest BCUT2D eigenvalue weighted by molar-refractivity contribution is -0.135. The number of methoxy groups -OCH3 is 1. The van der Waals surface area contributed by atoms with Crippen LogP contribution in [-0.2, 0) is 9.53 Å². The van der Waals surface area contributed by atoms with E-state index in [1.54, 1.807) is 25.3 Å². The van der Waals surface area contributed by atoms with Crippen LogP contribution >= 0.6 is 11.8 Å². The van der Waals surface area contributed by atoms with Gasteiger partial charge in [0.2, 0.25) is 0 Å². The molecule has 19 heavy (non-hydrogen) atoms. The van der Waals surface area contributed by atoms with Crippen molar-refractivity contribution < 1.29 is 13.9 Å². The number of benzene rings is 1. The maximum atomic E-state index is 13.0. The van der Waals surface area contributed by atoms with Crippen LogP contribution in [0.3, 0.4) is 0 Å². The van der Waals surface area contributed by atoms with Crippen LogP contribution in [0.1, 0.15) is 5.56 Å². The molecule has 0 bridgehead atoms. The predicted molar refractivity (Wildman–Crippen MR) is 72.9 cm³/mol. The first kappa shape index (κ1) is 15.1. The molecule has 0 radical (unpaired) electrons. The maximum Gasteiger partial charge on any atom is 0.351 e. The minimum Gasteiger partial charge on any atom is -0.465 e. The number of carbonyl (C=O) groups excluding carboxylic acids is 1. The summed E-state index contributed by atoms with van der Waals surface area (Å²) in [4.78, 5) is 11.5. The summed E-state index contributed by atoms with van der Waals surface area (Å²) in [5.74, 6) is -1.05. The monoisotopic (exact) mass is 280 g/mol. The number of anilines is 1. The van der Waals surface area contributed by atoms with Gasteiger partial charge in [0.1, 0.15) is 11.9 Å². The third kappa shape index (κ3) is 3.73. The highest BCUT2D eigenvalue weighted by Gasteiger charge is 2.16. The quantitative estimate of drug-likeness (QED) is 0.522. The lowest BCUT2D eigenvalue weighted by Gasteiger charge is -2.12. The van der Waals surface area contributed by atoms with Crippen molar-refractivity contribution in [1.29, 1.82) is 5.26 Å². The summed E-state index contributed by atoms with van der Waals surface area (Å²) < 4.78 is 17.5. The van der Waals surface area contributed by atoms with Crippen molar-refractivity contribution in [3.63, 3.8) is 0 Å². The van der Waals surface area contributed by atoms with E-state index in [1.807, 2.05) is 0 Å². The molecule has 1 rings (SSSR count). The van der Waals surface area contributed by atoms with Gasteiger partial charge in [0.25, 0.3) is 0 Å². The van der Waals surface area contributed by atoms with E-state index in [0.717, 1.165) is 0 Å². The van der Waals surface area contributed by atoms with Crippen molar-refractivity contribution in [2.24, 2.45) is 0 Å². The third-order valence-electron chi connectivity index (χ3n) is 2.37. The zero-order valence-electron chi connectivity index (χ0n) is 10.8. The first-order valence-corrected chi connectivity index (χ1v) is 6.55. The Morgan fingerprint density at radius 1 is 1.53 bits per heavy atom. The fourth-order valence-corrected chi connectivity index (χ4v) is 1.94. The topological polar surface area (TPSA) is 62.1 Å². The molecular weight excluding hydrogens is 267 g/mol.